The van der Waals surface area contributed by atoms with Gasteiger partial charge < -0.3 is 4.90 Å². The van der Waals surface area contributed by atoms with Gasteiger partial charge in [-0.25, -0.2) is 9.98 Å². The summed E-state index contributed by atoms with van der Waals surface area (Å²) in [6, 6.07) is 7.76. The number of aromatic nitrogens is 1. The summed E-state index contributed by atoms with van der Waals surface area (Å²) in [6.07, 6.45) is 5.09. The van der Waals surface area contributed by atoms with Crippen LogP contribution in [0.3, 0.4) is 0 Å². The number of hydrogen-bond donors (Lipinski definition) is 1. The number of fused-ring (bicyclic) bond motifs is 3. The van der Waals surface area contributed by atoms with Crippen LogP contribution in [0.25, 0.3) is 10.8 Å². The van der Waals surface area contributed by atoms with Crippen LogP contribution < -0.4 is 5.48 Å². The maximum atomic E-state index is 6.28. The largest absolute Gasteiger partial charge is 0.300 e. The van der Waals surface area contributed by atoms with E-state index in [1.165, 1.54) is 25.9 Å². The van der Waals surface area contributed by atoms with E-state index >= 15 is 0 Å². The zero-order valence-corrected chi connectivity index (χ0v) is 15.3. The van der Waals surface area contributed by atoms with Crippen molar-refractivity contribution in [3.05, 3.63) is 35.5 Å². The van der Waals surface area contributed by atoms with Gasteiger partial charge in [-0.3, -0.25) is 10.3 Å². The molecule has 1 spiro atoms. The predicted molar refractivity (Wildman–Crippen MR) is 102 cm³/mol. The Labute approximate surface area is 157 Å². The first kappa shape index (κ1) is 17.0. The molecule has 5 heterocycles. The molecule has 0 amide bonds. The number of rotatable bonds is 1. The summed E-state index contributed by atoms with van der Waals surface area (Å²) >= 11 is 6.28. The number of halogens is 2. The maximum absolute atomic E-state index is 6.28. The van der Waals surface area contributed by atoms with E-state index in [1.54, 1.807) is 0 Å². The summed E-state index contributed by atoms with van der Waals surface area (Å²) in [6.45, 7) is 3.40. The Morgan fingerprint density at radius 3 is 2.92 bits per heavy atom. The van der Waals surface area contributed by atoms with E-state index < -0.39 is 0 Å². The number of nitrogens with zero attached hydrogens (tertiary/aromatic N) is 3. The van der Waals surface area contributed by atoms with E-state index in [9.17, 15) is 0 Å². The van der Waals surface area contributed by atoms with Crippen molar-refractivity contribution in [3.63, 3.8) is 0 Å². The highest BCUT2D eigenvalue weighted by Crippen LogP contribution is 2.42. The van der Waals surface area contributed by atoms with Crippen molar-refractivity contribution >= 4 is 46.4 Å². The van der Waals surface area contributed by atoms with Crippen molar-refractivity contribution in [1.82, 2.24) is 15.4 Å². The highest BCUT2D eigenvalue weighted by atomic mass is 35.5. The van der Waals surface area contributed by atoms with Gasteiger partial charge in [-0.1, -0.05) is 23.7 Å². The summed E-state index contributed by atoms with van der Waals surface area (Å²) in [7, 11) is 0. The summed E-state index contributed by atoms with van der Waals surface area (Å²) < 4.78 is 0. The van der Waals surface area contributed by atoms with Crippen molar-refractivity contribution in [2.75, 3.05) is 19.6 Å². The molecule has 25 heavy (non-hydrogen) atoms. The van der Waals surface area contributed by atoms with Gasteiger partial charge in [0, 0.05) is 35.0 Å². The zero-order valence-electron chi connectivity index (χ0n) is 13.7. The molecule has 0 unspecified atom stereocenters. The molecule has 5 nitrogen and oxygen atoms in total. The van der Waals surface area contributed by atoms with Crippen LogP contribution in [0.15, 0.2) is 35.5 Å². The van der Waals surface area contributed by atoms with Crippen LogP contribution in [-0.4, -0.2) is 41.0 Å². The summed E-state index contributed by atoms with van der Waals surface area (Å²) in [5.74, 6) is 2.16. The molecule has 0 aliphatic carbocycles. The van der Waals surface area contributed by atoms with E-state index in [4.69, 9.17) is 16.4 Å². The molecule has 1 aromatic heterocycles. The lowest BCUT2D eigenvalue weighted by Crippen LogP contribution is -2.59. The minimum absolute atomic E-state index is 0. The monoisotopic (exact) mass is 378 g/mol. The highest BCUT2D eigenvalue weighted by Gasteiger charge is 2.52. The second-order valence-corrected chi connectivity index (χ2v) is 7.47. The first-order chi connectivity index (χ1) is 11.7. The van der Waals surface area contributed by atoms with Crippen LogP contribution in [0.4, 0.5) is 5.82 Å². The average molecular weight is 379 g/mol. The normalized spacial score (nSPS) is 32.1. The number of benzene rings is 1. The maximum Gasteiger partial charge on any atom is 0.154 e. The van der Waals surface area contributed by atoms with Gasteiger partial charge >= 0.3 is 0 Å². The van der Waals surface area contributed by atoms with Crippen molar-refractivity contribution in [2.24, 2.45) is 10.9 Å². The van der Waals surface area contributed by atoms with Crippen LogP contribution in [0.5, 0.6) is 0 Å². The Morgan fingerprint density at radius 1 is 1.32 bits per heavy atom. The number of hydrogen-bond acceptors (Lipinski definition) is 4. The van der Waals surface area contributed by atoms with Gasteiger partial charge in [0.15, 0.2) is 5.82 Å². The van der Waals surface area contributed by atoms with Gasteiger partial charge in [-0.15, -0.1) is 12.4 Å². The van der Waals surface area contributed by atoms with E-state index in [1.807, 2.05) is 30.5 Å². The quantitative estimate of drug-likeness (QED) is 0.821. The van der Waals surface area contributed by atoms with Crippen molar-refractivity contribution in [3.8, 4) is 0 Å². The number of pyridine rings is 1. The lowest BCUT2D eigenvalue weighted by Gasteiger charge is -2.49. The SMILES string of the molecule is Cl.Clc1cccc2cnc(N=C3C[C@@]4(CN5CCC4CC5)ON3)cc12. The Morgan fingerprint density at radius 2 is 2.16 bits per heavy atom. The summed E-state index contributed by atoms with van der Waals surface area (Å²) in [5, 5.41) is 2.72. The van der Waals surface area contributed by atoms with Crippen LogP contribution in [0, 0.1) is 5.92 Å². The van der Waals surface area contributed by atoms with Crippen LogP contribution >= 0.6 is 24.0 Å². The van der Waals surface area contributed by atoms with E-state index in [-0.39, 0.29) is 18.0 Å². The van der Waals surface area contributed by atoms with Gasteiger partial charge in [0.05, 0.1) is 0 Å². The molecule has 4 fully saturated rings. The van der Waals surface area contributed by atoms with Gasteiger partial charge in [0.2, 0.25) is 0 Å². The minimum atomic E-state index is -0.107. The van der Waals surface area contributed by atoms with E-state index in [0.717, 1.165) is 34.6 Å². The lowest BCUT2D eigenvalue weighted by atomic mass is 9.74. The molecule has 1 N–H and O–H groups in total. The number of piperidine rings is 3. The summed E-state index contributed by atoms with van der Waals surface area (Å²) in [5.41, 5.74) is 2.96. The highest BCUT2D eigenvalue weighted by molar-refractivity contribution is 6.35. The van der Waals surface area contributed by atoms with Crippen LogP contribution in [0.1, 0.15) is 19.3 Å². The third-order valence-electron chi connectivity index (χ3n) is 5.61. The van der Waals surface area contributed by atoms with E-state index in [2.05, 4.69) is 20.4 Å². The standard InChI is InChI=1S/C18H19ClN4O.ClH/c19-15-3-1-2-12-10-20-16(8-14(12)15)21-17-9-18(24-22-17)11-23-6-4-13(18)5-7-23;/h1-3,8,10,13H,4-7,9,11H2,(H,20,21,22);1H/t18-;/m0./s1. The van der Waals surface area contributed by atoms with Gasteiger partial charge in [-0.05, 0) is 44.0 Å². The molecule has 6 rings (SSSR count). The number of aliphatic imine (C=N–C) groups is 1. The van der Waals surface area contributed by atoms with Gasteiger partial charge in [-0.2, -0.15) is 0 Å². The van der Waals surface area contributed by atoms with Crippen molar-refractivity contribution in [2.45, 2.75) is 24.9 Å². The topological polar surface area (TPSA) is 49.8 Å². The smallest absolute Gasteiger partial charge is 0.154 e. The molecule has 132 valence electrons. The molecule has 4 saturated heterocycles. The molecule has 1 aromatic carbocycles. The molecule has 2 bridgehead atoms. The Kier molecular flexibility index (Phi) is 4.36. The molecule has 4 aliphatic heterocycles. The van der Waals surface area contributed by atoms with Gasteiger partial charge in [0.25, 0.3) is 0 Å². The fraction of sp³-hybridized carbons (Fsp3) is 0.444. The van der Waals surface area contributed by atoms with Crippen molar-refractivity contribution in [1.29, 1.82) is 0 Å². The molecule has 7 heteroatoms. The molecule has 2 aromatic rings. The minimum Gasteiger partial charge on any atom is -0.300 e. The zero-order chi connectivity index (χ0) is 16.1. The fourth-order valence-electron chi connectivity index (χ4n) is 4.34. The average Bonchev–Trinajstić information content (AvgIpc) is 2.99. The second kappa shape index (κ2) is 6.40. The fourth-order valence-corrected chi connectivity index (χ4v) is 4.58. The lowest BCUT2D eigenvalue weighted by molar-refractivity contribution is -0.150. The summed E-state index contributed by atoms with van der Waals surface area (Å²) in [4.78, 5) is 17.6. The first-order valence-electron chi connectivity index (χ1n) is 8.50. The number of hydroxylamine groups is 1. The molecule has 0 radical (unpaired) electrons. The van der Waals surface area contributed by atoms with Crippen molar-refractivity contribution < 1.29 is 4.84 Å². The predicted octanol–water partition coefficient (Wildman–Crippen LogP) is 3.73. The number of amidine groups is 1. The molecular weight excluding hydrogens is 359 g/mol. The third kappa shape index (κ3) is 2.89. The third-order valence-corrected chi connectivity index (χ3v) is 5.94. The first-order valence-corrected chi connectivity index (χ1v) is 8.88. The number of nitrogens with one attached hydrogen (secondary N) is 1. The van der Waals surface area contributed by atoms with Gasteiger partial charge in [0.1, 0.15) is 11.4 Å². The second-order valence-electron chi connectivity index (χ2n) is 7.06. The molecule has 0 saturated carbocycles. The van der Waals surface area contributed by atoms with Crippen LogP contribution in [-0.2, 0) is 4.84 Å². The Balaban J connectivity index is 0.00000157. The van der Waals surface area contributed by atoms with E-state index in [0.29, 0.717) is 11.7 Å². The molecule has 1 atom stereocenters. The Hall–Kier alpha value is -1.40. The molecular formula is C18H20Cl2N4O. The molecule has 4 aliphatic rings. The Bertz CT molecular complexity index is 835. The van der Waals surface area contributed by atoms with Crippen LogP contribution in [0.2, 0.25) is 5.02 Å².